The van der Waals surface area contributed by atoms with Gasteiger partial charge < -0.3 is 9.47 Å². The number of rotatable bonds is 8. The Kier molecular flexibility index (Phi) is 9.48. The van der Waals surface area contributed by atoms with Gasteiger partial charge in [-0.05, 0) is 132 Å². The van der Waals surface area contributed by atoms with E-state index < -0.39 is 5.41 Å². The Bertz CT molecular complexity index is 3460. The van der Waals surface area contributed by atoms with Gasteiger partial charge in [0.05, 0.1) is 5.41 Å². The maximum absolute atomic E-state index is 7.13. The van der Waals surface area contributed by atoms with E-state index >= 15 is 0 Å². The highest BCUT2D eigenvalue weighted by atomic mass is 16.6. The van der Waals surface area contributed by atoms with Crippen LogP contribution in [-0.2, 0) is 10.8 Å². The van der Waals surface area contributed by atoms with Crippen LogP contribution in [-0.4, -0.2) is 0 Å². The van der Waals surface area contributed by atoms with Crippen LogP contribution in [0, 0.1) is 0 Å². The quantitative estimate of drug-likeness (QED) is 0.142. The summed E-state index contributed by atoms with van der Waals surface area (Å²) < 4.78 is 13.9. The molecule has 0 aromatic heterocycles. The van der Waals surface area contributed by atoms with Crippen molar-refractivity contribution in [2.24, 2.45) is 0 Å². The molecule has 3 aliphatic rings. The Morgan fingerprint density at radius 3 is 1.78 bits per heavy atom. The molecule has 9 aromatic rings. The van der Waals surface area contributed by atoms with Gasteiger partial charge in [0.1, 0.15) is 0 Å². The van der Waals surface area contributed by atoms with Gasteiger partial charge >= 0.3 is 0 Å². The second kappa shape index (κ2) is 15.8. The topological polar surface area (TPSA) is 18.5 Å². The molecule has 1 aliphatic heterocycles. The summed E-state index contributed by atoms with van der Waals surface area (Å²) in [5.41, 5.74) is 20.4. The van der Waals surface area contributed by atoms with Crippen molar-refractivity contribution in [1.82, 2.24) is 0 Å². The van der Waals surface area contributed by atoms with Crippen LogP contribution in [0.1, 0.15) is 70.8 Å². The van der Waals surface area contributed by atoms with Gasteiger partial charge in [0.25, 0.3) is 0 Å². The van der Waals surface area contributed by atoms with Gasteiger partial charge in [0.15, 0.2) is 23.0 Å². The van der Waals surface area contributed by atoms with Gasteiger partial charge in [-0.15, -0.1) is 0 Å². The van der Waals surface area contributed by atoms with Crippen LogP contribution in [0.5, 0.6) is 23.0 Å². The number of ether oxygens (including phenoxy) is 2. The van der Waals surface area contributed by atoms with E-state index in [1.54, 1.807) is 0 Å². The summed E-state index contributed by atoms with van der Waals surface area (Å²) in [6.07, 6.45) is 4.56. The van der Waals surface area contributed by atoms with Crippen molar-refractivity contribution in [3.8, 4) is 56.4 Å². The standard InChI is InChI=1S/C65H48O2/c1-42(44-20-8-5-9-21-44)38-47(45-32-34-53-52-28-16-18-30-55(52)64(3,4)58(53)40-45)39-43(2)50-26-14-15-27-51(50)46-33-36-59-61(41-46)67-63-60(66-59)37-35-57-62(63)54-29-17-19-31-56(54)65(57,48-22-10-6-11-23-48)49-24-12-7-13-25-49/h5-41H,1H2,2-4H3/b43-39?,47-38+. The first-order valence-electron chi connectivity index (χ1n) is 23.2. The molecule has 0 unspecified atom stereocenters. The molecule has 0 N–H and O–H groups in total. The molecule has 0 saturated heterocycles. The molecule has 0 atom stereocenters. The summed E-state index contributed by atoms with van der Waals surface area (Å²) in [5, 5.41) is 0. The SMILES string of the molecule is C=C(/C=C(\C=C(C)c1ccccc1-c1ccc2c(c1)Oc1c(ccc3c1-c1ccccc1C3(c1ccccc1)c1ccccc1)O2)c1ccc2c(c1)C(C)(C)c1ccccc1-2)c1ccccc1. The molecule has 320 valence electrons. The van der Waals surface area contributed by atoms with Crippen molar-refractivity contribution in [3.05, 3.63) is 281 Å². The molecule has 2 heteroatoms. The molecular formula is C65H48O2. The van der Waals surface area contributed by atoms with E-state index in [-0.39, 0.29) is 5.41 Å². The molecule has 0 amide bonds. The van der Waals surface area contributed by atoms with Gasteiger partial charge in [-0.3, -0.25) is 0 Å². The molecule has 0 radical (unpaired) electrons. The van der Waals surface area contributed by atoms with Gasteiger partial charge in [-0.2, -0.15) is 0 Å². The minimum Gasteiger partial charge on any atom is -0.449 e. The fourth-order valence-corrected chi connectivity index (χ4v) is 11.1. The molecule has 0 fully saturated rings. The summed E-state index contributed by atoms with van der Waals surface area (Å²) in [7, 11) is 0. The maximum atomic E-state index is 7.13. The van der Waals surface area contributed by atoms with Crippen LogP contribution < -0.4 is 9.47 Å². The highest BCUT2D eigenvalue weighted by Crippen LogP contribution is 2.62. The van der Waals surface area contributed by atoms with E-state index in [1.807, 2.05) is 12.1 Å². The van der Waals surface area contributed by atoms with E-state index in [2.05, 4.69) is 240 Å². The first-order valence-corrected chi connectivity index (χ1v) is 23.2. The molecule has 0 spiro atoms. The first kappa shape index (κ1) is 40.3. The molecule has 0 saturated carbocycles. The van der Waals surface area contributed by atoms with Crippen molar-refractivity contribution in [3.63, 3.8) is 0 Å². The lowest BCUT2D eigenvalue weighted by Gasteiger charge is -2.34. The van der Waals surface area contributed by atoms with Crippen LogP contribution in [0.2, 0.25) is 0 Å². The number of allylic oxidation sites excluding steroid dienone is 5. The highest BCUT2D eigenvalue weighted by molar-refractivity contribution is 5.95. The Morgan fingerprint density at radius 1 is 0.448 bits per heavy atom. The van der Waals surface area contributed by atoms with Gasteiger partial charge in [0.2, 0.25) is 0 Å². The second-order valence-electron chi connectivity index (χ2n) is 18.5. The van der Waals surface area contributed by atoms with Gasteiger partial charge in [0, 0.05) is 11.0 Å². The summed E-state index contributed by atoms with van der Waals surface area (Å²) in [6, 6.07) is 76.0. The van der Waals surface area contributed by atoms with E-state index in [0.717, 1.165) is 61.4 Å². The van der Waals surface area contributed by atoms with E-state index in [9.17, 15) is 0 Å². The monoisotopic (exact) mass is 860 g/mol. The zero-order chi connectivity index (χ0) is 45.3. The van der Waals surface area contributed by atoms with Gasteiger partial charge in [-0.25, -0.2) is 0 Å². The molecular weight excluding hydrogens is 813 g/mol. The minimum atomic E-state index is -0.542. The molecule has 67 heavy (non-hydrogen) atoms. The molecule has 9 aromatic carbocycles. The van der Waals surface area contributed by atoms with Crippen LogP contribution in [0.3, 0.4) is 0 Å². The third-order valence-electron chi connectivity index (χ3n) is 14.3. The summed E-state index contributed by atoms with van der Waals surface area (Å²) in [5.74, 6) is 2.82. The summed E-state index contributed by atoms with van der Waals surface area (Å²) >= 11 is 0. The average molecular weight is 861 g/mol. The predicted molar refractivity (Wildman–Crippen MR) is 277 cm³/mol. The van der Waals surface area contributed by atoms with Crippen LogP contribution in [0.15, 0.2) is 231 Å². The van der Waals surface area contributed by atoms with E-state index in [4.69, 9.17) is 9.47 Å². The predicted octanol–water partition coefficient (Wildman–Crippen LogP) is 17.1. The second-order valence-corrected chi connectivity index (χ2v) is 18.5. The zero-order valence-electron chi connectivity index (χ0n) is 37.9. The van der Waals surface area contributed by atoms with Crippen molar-refractivity contribution < 1.29 is 9.47 Å². The molecule has 2 aliphatic carbocycles. The first-order chi connectivity index (χ1) is 32.8. The smallest absolute Gasteiger partial charge is 0.178 e. The third kappa shape index (κ3) is 6.39. The lowest BCUT2D eigenvalue weighted by molar-refractivity contribution is 0.360. The van der Waals surface area contributed by atoms with Crippen molar-refractivity contribution in [2.75, 3.05) is 0 Å². The Hall–Kier alpha value is -8.20. The summed E-state index contributed by atoms with van der Waals surface area (Å²) in [6.45, 7) is 11.5. The molecule has 2 nitrogen and oxygen atoms in total. The maximum Gasteiger partial charge on any atom is 0.178 e. The molecule has 0 bridgehead atoms. The average Bonchev–Trinajstić information content (AvgIpc) is 3.81. The van der Waals surface area contributed by atoms with Crippen LogP contribution in [0.4, 0.5) is 0 Å². The molecule has 1 heterocycles. The zero-order valence-corrected chi connectivity index (χ0v) is 37.9. The molecule has 12 rings (SSSR count). The summed E-state index contributed by atoms with van der Waals surface area (Å²) in [4.78, 5) is 0. The number of hydrogen-bond acceptors (Lipinski definition) is 2. The Balaban J connectivity index is 0.950. The lowest BCUT2D eigenvalue weighted by atomic mass is 9.68. The highest BCUT2D eigenvalue weighted by Gasteiger charge is 2.48. The third-order valence-corrected chi connectivity index (χ3v) is 14.3. The fraction of sp³-hybridized carbons (Fsp3) is 0.0769. The van der Waals surface area contributed by atoms with E-state index in [1.165, 1.54) is 44.5 Å². The van der Waals surface area contributed by atoms with Crippen molar-refractivity contribution >= 4 is 16.7 Å². The number of hydrogen-bond donors (Lipinski definition) is 0. The Morgan fingerprint density at radius 2 is 1.04 bits per heavy atom. The van der Waals surface area contributed by atoms with Crippen LogP contribution >= 0.6 is 0 Å². The van der Waals surface area contributed by atoms with Crippen molar-refractivity contribution in [1.29, 1.82) is 0 Å². The fourth-order valence-electron chi connectivity index (χ4n) is 11.1. The van der Waals surface area contributed by atoms with Crippen LogP contribution in [0.25, 0.3) is 50.1 Å². The number of fused-ring (bicyclic) bond motifs is 9. The normalized spacial score (nSPS) is 14.6. The number of benzene rings is 9. The van der Waals surface area contributed by atoms with E-state index in [0.29, 0.717) is 17.2 Å². The largest absolute Gasteiger partial charge is 0.449 e. The van der Waals surface area contributed by atoms with Gasteiger partial charge in [-0.1, -0.05) is 215 Å². The Labute approximate surface area is 393 Å². The lowest BCUT2D eigenvalue weighted by Crippen LogP contribution is -2.28. The minimum absolute atomic E-state index is 0.121. The van der Waals surface area contributed by atoms with Crippen molar-refractivity contribution in [2.45, 2.75) is 31.6 Å².